The van der Waals surface area contributed by atoms with E-state index in [9.17, 15) is 4.79 Å². The monoisotopic (exact) mass is 258 g/mol. The highest BCUT2D eigenvalue weighted by Gasteiger charge is 2.32. The molecule has 19 heavy (non-hydrogen) atoms. The molecule has 102 valence electrons. The quantitative estimate of drug-likeness (QED) is 0.900. The minimum Gasteiger partial charge on any atom is -0.356 e. The molecule has 2 aliphatic heterocycles. The Hall–Kier alpha value is -1.35. The molecule has 0 bridgehead atoms. The average Bonchev–Trinajstić information content (AvgIpc) is 2.87. The van der Waals surface area contributed by atoms with E-state index < -0.39 is 0 Å². The first-order chi connectivity index (χ1) is 9.31. The number of hydrogen-bond donors (Lipinski definition) is 1. The minimum absolute atomic E-state index is 0.241. The molecule has 3 nitrogen and oxygen atoms in total. The molecule has 2 heterocycles. The van der Waals surface area contributed by atoms with Gasteiger partial charge in [0.25, 0.3) is 0 Å². The van der Waals surface area contributed by atoms with Crippen LogP contribution < -0.4 is 5.32 Å². The maximum atomic E-state index is 11.3. The summed E-state index contributed by atoms with van der Waals surface area (Å²) in [4.78, 5) is 13.9. The first-order valence-electron chi connectivity index (χ1n) is 7.34. The normalized spacial score (nSPS) is 28.3. The van der Waals surface area contributed by atoms with Crippen molar-refractivity contribution in [3.63, 3.8) is 0 Å². The van der Waals surface area contributed by atoms with Crippen LogP contribution in [0.4, 0.5) is 0 Å². The van der Waals surface area contributed by atoms with E-state index in [0.29, 0.717) is 11.8 Å². The van der Waals surface area contributed by atoms with Crippen LogP contribution in [-0.2, 0) is 11.3 Å². The van der Waals surface area contributed by atoms with Crippen LogP contribution in [0.5, 0.6) is 0 Å². The van der Waals surface area contributed by atoms with Gasteiger partial charge in [0.15, 0.2) is 0 Å². The van der Waals surface area contributed by atoms with E-state index in [2.05, 4.69) is 40.5 Å². The molecule has 2 saturated heterocycles. The van der Waals surface area contributed by atoms with Gasteiger partial charge >= 0.3 is 0 Å². The van der Waals surface area contributed by atoms with E-state index in [4.69, 9.17) is 0 Å². The summed E-state index contributed by atoms with van der Waals surface area (Å²) < 4.78 is 0. The van der Waals surface area contributed by atoms with E-state index in [1.54, 1.807) is 0 Å². The third-order valence-electron chi connectivity index (χ3n) is 4.47. The number of nitrogens with one attached hydrogen (secondary N) is 1. The lowest BCUT2D eigenvalue weighted by Crippen LogP contribution is -2.38. The number of amides is 1. The van der Waals surface area contributed by atoms with Crippen molar-refractivity contribution >= 4 is 5.91 Å². The highest BCUT2D eigenvalue weighted by molar-refractivity contribution is 5.78. The largest absolute Gasteiger partial charge is 0.356 e. The van der Waals surface area contributed by atoms with Crippen molar-refractivity contribution < 1.29 is 4.79 Å². The number of hydrogen-bond acceptors (Lipinski definition) is 2. The molecule has 1 N–H and O–H groups in total. The zero-order valence-corrected chi connectivity index (χ0v) is 11.3. The second kappa shape index (κ2) is 5.74. The Morgan fingerprint density at radius 1 is 1.21 bits per heavy atom. The Morgan fingerprint density at radius 2 is 2.05 bits per heavy atom. The fraction of sp³-hybridized carbons (Fsp3) is 0.562. The molecule has 1 amide bonds. The number of carbonyl (C=O) groups is 1. The average molecular weight is 258 g/mol. The Balaban J connectivity index is 1.57. The second-order valence-electron chi connectivity index (χ2n) is 5.89. The van der Waals surface area contributed by atoms with Gasteiger partial charge in [0.05, 0.1) is 0 Å². The molecule has 2 aliphatic rings. The van der Waals surface area contributed by atoms with Crippen LogP contribution in [0.15, 0.2) is 30.3 Å². The van der Waals surface area contributed by atoms with Crippen LogP contribution in [0.2, 0.25) is 0 Å². The van der Waals surface area contributed by atoms with Crippen LogP contribution in [-0.4, -0.2) is 30.4 Å². The molecule has 2 fully saturated rings. The van der Waals surface area contributed by atoms with Crippen molar-refractivity contribution in [2.75, 3.05) is 19.6 Å². The zero-order chi connectivity index (χ0) is 13.1. The third kappa shape index (κ3) is 3.16. The summed E-state index contributed by atoms with van der Waals surface area (Å²) >= 11 is 0. The first kappa shape index (κ1) is 12.7. The van der Waals surface area contributed by atoms with E-state index >= 15 is 0 Å². The SMILES string of the molecule is O=C1CC(C2CCCN(Cc3ccccc3)C2)CN1. The van der Waals surface area contributed by atoms with Gasteiger partial charge in [-0.1, -0.05) is 30.3 Å². The van der Waals surface area contributed by atoms with Crippen molar-refractivity contribution in [1.29, 1.82) is 0 Å². The fourth-order valence-corrected chi connectivity index (χ4v) is 3.42. The van der Waals surface area contributed by atoms with E-state index in [0.717, 1.165) is 26.1 Å². The van der Waals surface area contributed by atoms with Gasteiger partial charge in [-0.05, 0) is 36.8 Å². The summed E-state index contributed by atoms with van der Waals surface area (Å²) in [7, 11) is 0. The lowest BCUT2D eigenvalue weighted by molar-refractivity contribution is -0.119. The molecule has 3 rings (SSSR count). The molecule has 0 aliphatic carbocycles. The topological polar surface area (TPSA) is 32.3 Å². The van der Waals surface area contributed by atoms with Gasteiger partial charge < -0.3 is 5.32 Å². The highest BCUT2D eigenvalue weighted by atomic mass is 16.1. The molecule has 1 aromatic rings. The maximum Gasteiger partial charge on any atom is 0.220 e. The van der Waals surface area contributed by atoms with Crippen molar-refractivity contribution in [2.45, 2.75) is 25.8 Å². The fourth-order valence-electron chi connectivity index (χ4n) is 3.42. The number of benzene rings is 1. The number of likely N-dealkylation sites (tertiary alicyclic amines) is 1. The van der Waals surface area contributed by atoms with Crippen LogP contribution in [0.25, 0.3) is 0 Å². The van der Waals surface area contributed by atoms with Gasteiger partial charge in [-0.3, -0.25) is 9.69 Å². The predicted molar refractivity (Wildman–Crippen MR) is 75.6 cm³/mol. The minimum atomic E-state index is 0.241. The molecule has 2 atom stereocenters. The van der Waals surface area contributed by atoms with Crippen LogP contribution in [0.1, 0.15) is 24.8 Å². The number of carbonyl (C=O) groups excluding carboxylic acids is 1. The maximum absolute atomic E-state index is 11.3. The number of nitrogens with zero attached hydrogens (tertiary/aromatic N) is 1. The number of piperidine rings is 1. The highest BCUT2D eigenvalue weighted by Crippen LogP contribution is 2.28. The first-order valence-corrected chi connectivity index (χ1v) is 7.34. The van der Waals surface area contributed by atoms with Gasteiger partial charge in [-0.15, -0.1) is 0 Å². The van der Waals surface area contributed by atoms with Crippen molar-refractivity contribution in [3.05, 3.63) is 35.9 Å². The molecule has 0 radical (unpaired) electrons. The van der Waals surface area contributed by atoms with Crippen molar-refractivity contribution in [3.8, 4) is 0 Å². The molecule has 0 spiro atoms. The van der Waals surface area contributed by atoms with Crippen molar-refractivity contribution in [1.82, 2.24) is 10.2 Å². The van der Waals surface area contributed by atoms with Gasteiger partial charge in [-0.2, -0.15) is 0 Å². The van der Waals surface area contributed by atoms with Gasteiger partial charge in [0, 0.05) is 26.1 Å². The molecular weight excluding hydrogens is 236 g/mol. The predicted octanol–water partition coefficient (Wildman–Crippen LogP) is 2.03. The third-order valence-corrected chi connectivity index (χ3v) is 4.47. The lowest BCUT2D eigenvalue weighted by atomic mass is 9.84. The summed E-state index contributed by atoms with van der Waals surface area (Å²) in [6, 6.07) is 10.7. The molecule has 1 aromatic carbocycles. The molecular formula is C16H22N2O. The Bertz CT molecular complexity index is 432. The van der Waals surface area contributed by atoms with E-state index in [1.807, 2.05) is 0 Å². The standard InChI is InChI=1S/C16H22N2O/c19-16-9-15(10-17-16)14-7-4-8-18(12-14)11-13-5-2-1-3-6-13/h1-3,5-6,14-15H,4,7-12H2,(H,17,19). The summed E-state index contributed by atoms with van der Waals surface area (Å²) in [6.45, 7) is 4.28. The molecule has 0 saturated carbocycles. The smallest absolute Gasteiger partial charge is 0.220 e. The summed E-state index contributed by atoms with van der Waals surface area (Å²) in [5.74, 6) is 1.49. The second-order valence-corrected chi connectivity index (χ2v) is 5.89. The summed E-state index contributed by atoms with van der Waals surface area (Å²) in [5.41, 5.74) is 1.39. The van der Waals surface area contributed by atoms with Crippen molar-refractivity contribution in [2.24, 2.45) is 11.8 Å². The Labute approximate surface area is 115 Å². The van der Waals surface area contributed by atoms with E-state index in [-0.39, 0.29) is 5.91 Å². The van der Waals surface area contributed by atoms with Crippen LogP contribution >= 0.6 is 0 Å². The van der Waals surface area contributed by atoms with Crippen LogP contribution in [0, 0.1) is 11.8 Å². The van der Waals surface area contributed by atoms with Crippen LogP contribution in [0.3, 0.4) is 0 Å². The Kier molecular flexibility index (Phi) is 3.83. The number of rotatable bonds is 3. The van der Waals surface area contributed by atoms with Gasteiger partial charge in [0.1, 0.15) is 0 Å². The Morgan fingerprint density at radius 3 is 2.79 bits per heavy atom. The molecule has 3 heteroatoms. The molecule has 0 aromatic heterocycles. The zero-order valence-electron chi connectivity index (χ0n) is 11.3. The van der Waals surface area contributed by atoms with Gasteiger partial charge in [-0.25, -0.2) is 0 Å². The molecule has 2 unspecified atom stereocenters. The van der Waals surface area contributed by atoms with Gasteiger partial charge in [0.2, 0.25) is 5.91 Å². The summed E-state index contributed by atoms with van der Waals surface area (Å²) in [6.07, 6.45) is 3.29. The summed E-state index contributed by atoms with van der Waals surface area (Å²) in [5, 5.41) is 2.97. The van der Waals surface area contributed by atoms with E-state index in [1.165, 1.54) is 24.9 Å². The lowest BCUT2D eigenvalue weighted by Gasteiger charge is -2.35.